The van der Waals surface area contributed by atoms with Gasteiger partial charge in [0.1, 0.15) is 15.9 Å². The lowest BCUT2D eigenvalue weighted by atomic mass is 10.1. The van der Waals surface area contributed by atoms with E-state index in [4.69, 9.17) is 10.5 Å². The van der Waals surface area contributed by atoms with Gasteiger partial charge in [0.05, 0.1) is 18.5 Å². The zero-order valence-electron chi connectivity index (χ0n) is 11.1. The van der Waals surface area contributed by atoms with Gasteiger partial charge in [0.25, 0.3) is 5.91 Å². The summed E-state index contributed by atoms with van der Waals surface area (Å²) in [6.45, 7) is 1.81. The fourth-order valence-corrected chi connectivity index (χ4v) is 2.21. The molecule has 1 aromatic carbocycles. The lowest BCUT2D eigenvalue weighted by Crippen LogP contribution is -2.16. The third kappa shape index (κ3) is 2.91. The highest BCUT2D eigenvalue weighted by Crippen LogP contribution is 2.26. The Morgan fingerprint density at radius 1 is 1.35 bits per heavy atom. The van der Waals surface area contributed by atoms with Crippen molar-refractivity contribution >= 4 is 33.2 Å². The second kappa shape index (κ2) is 5.92. The van der Waals surface area contributed by atoms with Gasteiger partial charge in [-0.2, -0.15) is 0 Å². The number of pyridine rings is 1. The highest BCUT2D eigenvalue weighted by molar-refractivity contribution is 9.10. The fraction of sp³-hybridized carbons (Fsp3) is 0.143. The minimum absolute atomic E-state index is 0.317. The molecule has 2 aromatic rings. The molecule has 0 saturated heterocycles. The topological polar surface area (TPSA) is 77.2 Å². The zero-order valence-corrected chi connectivity index (χ0v) is 12.7. The number of ether oxygens (including phenoxy) is 1. The molecule has 0 atom stereocenters. The molecule has 0 aliphatic carbocycles. The standard InChI is InChI=1S/C14H14BrN3O2/c1-8-10(6-7-12(15)17-8)18-14(19)13-9(16)4-3-5-11(13)20-2/h3-7H,16H2,1-2H3,(H,18,19). The first-order valence-electron chi connectivity index (χ1n) is 5.90. The van der Waals surface area contributed by atoms with E-state index in [2.05, 4.69) is 26.2 Å². The van der Waals surface area contributed by atoms with E-state index in [1.807, 2.05) is 6.92 Å². The van der Waals surface area contributed by atoms with Crippen LogP contribution in [-0.4, -0.2) is 18.0 Å². The number of methoxy groups -OCH3 is 1. The van der Waals surface area contributed by atoms with Crippen molar-refractivity contribution in [3.63, 3.8) is 0 Å². The molecule has 2 rings (SSSR count). The van der Waals surface area contributed by atoms with Crippen molar-refractivity contribution in [2.24, 2.45) is 0 Å². The number of carbonyl (C=O) groups excluding carboxylic acids is 1. The van der Waals surface area contributed by atoms with Crippen molar-refractivity contribution < 1.29 is 9.53 Å². The number of aryl methyl sites for hydroxylation is 1. The van der Waals surface area contributed by atoms with Crippen molar-refractivity contribution in [1.82, 2.24) is 4.98 Å². The average Bonchev–Trinajstić information content (AvgIpc) is 2.41. The van der Waals surface area contributed by atoms with Crippen LogP contribution >= 0.6 is 15.9 Å². The molecule has 0 spiro atoms. The predicted molar refractivity (Wildman–Crippen MR) is 82.0 cm³/mol. The molecule has 20 heavy (non-hydrogen) atoms. The maximum atomic E-state index is 12.3. The summed E-state index contributed by atoms with van der Waals surface area (Å²) < 4.78 is 5.88. The summed E-state index contributed by atoms with van der Waals surface area (Å²) in [5.41, 5.74) is 7.87. The van der Waals surface area contributed by atoms with Crippen molar-refractivity contribution in [3.05, 3.63) is 46.2 Å². The number of hydrogen-bond acceptors (Lipinski definition) is 4. The van der Waals surface area contributed by atoms with Crippen LogP contribution in [0.5, 0.6) is 5.75 Å². The van der Waals surface area contributed by atoms with Crippen LogP contribution in [0.1, 0.15) is 16.1 Å². The molecule has 0 unspecified atom stereocenters. The Morgan fingerprint density at radius 3 is 2.75 bits per heavy atom. The molecule has 1 aromatic heterocycles. The van der Waals surface area contributed by atoms with Gasteiger partial charge in [-0.1, -0.05) is 6.07 Å². The average molecular weight is 336 g/mol. The Kier molecular flexibility index (Phi) is 4.24. The quantitative estimate of drug-likeness (QED) is 0.667. The summed E-state index contributed by atoms with van der Waals surface area (Å²) in [6.07, 6.45) is 0. The third-order valence-electron chi connectivity index (χ3n) is 2.81. The summed E-state index contributed by atoms with van der Waals surface area (Å²) >= 11 is 3.28. The lowest BCUT2D eigenvalue weighted by molar-refractivity contribution is 0.102. The zero-order chi connectivity index (χ0) is 14.7. The van der Waals surface area contributed by atoms with Crippen LogP contribution in [0.3, 0.4) is 0 Å². The Morgan fingerprint density at radius 2 is 2.10 bits per heavy atom. The first-order valence-corrected chi connectivity index (χ1v) is 6.69. The maximum Gasteiger partial charge on any atom is 0.261 e. The lowest BCUT2D eigenvalue weighted by Gasteiger charge is -2.12. The van der Waals surface area contributed by atoms with Gasteiger partial charge in [0.2, 0.25) is 0 Å². The number of rotatable bonds is 3. The van der Waals surface area contributed by atoms with Crippen LogP contribution in [-0.2, 0) is 0 Å². The summed E-state index contributed by atoms with van der Waals surface area (Å²) in [5, 5.41) is 2.79. The molecule has 5 nitrogen and oxygen atoms in total. The molecule has 0 aliphatic heterocycles. The van der Waals surface area contributed by atoms with Crippen LogP contribution in [0.25, 0.3) is 0 Å². The number of amides is 1. The second-order valence-electron chi connectivity index (χ2n) is 4.15. The SMILES string of the molecule is COc1cccc(N)c1C(=O)Nc1ccc(Br)nc1C. The Hall–Kier alpha value is -2.08. The molecule has 1 amide bonds. The van der Waals surface area contributed by atoms with E-state index in [0.29, 0.717) is 33.0 Å². The van der Waals surface area contributed by atoms with Gasteiger partial charge in [-0.05, 0) is 47.1 Å². The number of nitrogens with two attached hydrogens (primary N) is 1. The summed E-state index contributed by atoms with van der Waals surface area (Å²) in [4.78, 5) is 16.6. The number of nitrogens with one attached hydrogen (secondary N) is 1. The van der Waals surface area contributed by atoms with E-state index >= 15 is 0 Å². The Balaban J connectivity index is 2.33. The van der Waals surface area contributed by atoms with Crippen LogP contribution in [0.2, 0.25) is 0 Å². The first kappa shape index (κ1) is 14.3. The largest absolute Gasteiger partial charge is 0.496 e. The number of aromatic nitrogens is 1. The predicted octanol–water partition coefficient (Wildman–Crippen LogP) is 3.00. The van der Waals surface area contributed by atoms with Crippen LogP contribution < -0.4 is 15.8 Å². The maximum absolute atomic E-state index is 12.3. The molecule has 0 fully saturated rings. The van der Waals surface area contributed by atoms with Gasteiger partial charge in [0, 0.05) is 5.69 Å². The van der Waals surface area contributed by atoms with E-state index in [9.17, 15) is 4.79 Å². The monoisotopic (exact) mass is 335 g/mol. The number of carbonyl (C=O) groups is 1. The van der Waals surface area contributed by atoms with Gasteiger partial charge in [-0.25, -0.2) is 4.98 Å². The van der Waals surface area contributed by atoms with Crippen molar-refractivity contribution in [1.29, 1.82) is 0 Å². The molecule has 6 heteroatoms. The van der Waals surface area contributed by atoms with Gasteiger partial charge in [-0.3, -0.25) is 4.79 Å². The fourth-order valence-electron chi connectivity index (χ4n) is 1.81. The number of nitrogen functional groups attached to an aromatic ring is 1. The number of nitrogens with zero attached hydrogens (tertiary/aromatic N) is 1. The molecule has 0 radical (unpaired) electrons. The minimum atomic E-state index is -0.327. The van der Waals surface area contributed by atoms with Gasteiger partial charge in [-0.15, -0.1) is 0 Å². The van der Waals surface area contributed by atoms with Crippen LogP contribution in [0.4, 0.5) is 11.4 Å². The number of anilines is 2. The van der Waals surface area contributed by atoms with Gasteiger partial charge < -0.3 is 15.8 Å². The van der Waals surface area contributed by atoms with Crippen molar-refractivity contribution in [2.75, 3.05) is 18.2 Å². The van der Waals surface area contributed by atoms with Crippen LogP contribution in [0, 0.1) is 6.92 Å². The molecule has 0 bridgehead atoms. The summed E-state index contributed by atoms with van der Waals surface area (Å²) in [6, 6.07) is 8.61. The van der Waals surface area contributed by atoms with Crippen LogP contribution in [0.15, 0.2) is 34.9 Å². The number of hydrogen-bond donors (Lipinski definition) is 2. The molecule has 0 saturated carbocycles. The van der Waals surface area contributed by atoms with Gasteiger partial charge in [0.15, 0.2) is 0 Å². The van der Waals surface area contributed by atoms with Crippen molar-refractivity contribution in [2.45, 2.75) is 6.92 Å². The molecule has 0 aliphatic rings. The number of benzene rings is 1. The second-order valence-corrected chi connectivity index (χ2v) is 4.96. The van der Waals surface area contributed by atoms with E-state index < -0.39 is 0 Å². The minimum Gasteiger partial charge on any atom is -0.496 e. The summed E-state index contributed by atoms with van der Waals surface area (Å²) in [5.74, 6) is 0.109. The normalized spacial score (nSPS) is 10.2. The highest BCUT2D eigenvalue weighted by Gasteiger charge is 2.16. The van der Waals surface area contributed by atoms with E-state index in [1.165, 1.54) is 7.11 Å². The van der Waals surface area contributed by atoms with E-state index in [-0.39, 0.29) is 5.91 Å². The van der Waals surface area contributed by atoms with Gasteiger partial charge >= 0.3 is 0 Å². The first-order chi connectivity index (χ1) is 9.52. The summed E-state index contributed by atoms with van der Waals surface area (Å²) in [7, 11) is 1.50. The van der Waals surface area contributed by atoms with Crippen molar-refractivity contribution in [3.8, 4) is 5.75 Å². The molecule has 3 N–H and O–H groups in total. The smallest absolute Gasteiger partial charge is 0.261 e. The number of halogens is 1. The molecule has 1 heterocycles. The molecular formula is C14H14BrN3O2. The Bertz CT molecular complexity index is 659. The molecule has 104 valence electrons. The highest BCUT2D eigenvalue weighted by atomic mass is 79.9. The van der Waals surface area contributed by atoms with E-state index in [0.717, 1.165) is 0 Å². The third-order valence-corrected chi connectivity index (χ3v) is 3.25. The molecular weight excluding hydrogens is 322 g/mol. The Labute approximate surface area is 125 Å². The van der Waals surface area contributed by atoms with E-state index in [1.54, 1.807) is 30.3 Å².